The van der Waals surface area contributed by atoms with Crippen LogP contribution in [0.15, 0.2) is 58.1 Å². The van der Waals surface area contributed by atoms with E-state index in [1.807, 2.05) is 43.3 Å². The summed E-state index contributed by atoms with van der Waals surface area (Å²) in [5, 5.41) is 6.99. The number of aromatic nitrogens is 3. The van der Waals surface area contributed by atoms with Gasteiger partial charge in [0.2, 0.25) is 5.69 Å². The number of nitrogens with zero attached hydrogens (tertiary/aromatic N) is 3. The van der Waals surface area contributed by atoms with E-state index in [1.54, 1.807) is 12.1 Å². The fraction of sp³-hybridized carbons (Fsp3) is 0.360. The monoisotopic (exact) mass is 432 g/mol. The van der Waals surface area contributed by atoms with Gasteiger partial charge >= 0.3 is 5.69 Å². The first kappa shape index (κ1) is 21.7. The van der Waals surface area contributed by atoms with Crippen LogP contribution in [0.4, 0.5) is 0 Å². The van der Waals surface area contributed by atoms with Gasteiger partial charge in [-0.2, -0.15) is 9.78 Å². The molecular formula is C25H28N4O3. The molecule has 1 fully saturated rings. The number of rotatable bonds is 7. The zero-order valence-corrected chi connectivity index (χ0v) is 18.7. The van der Waals surface area contributed by atoms with Gasteiger partial charge in [-0.15, -0.1) is 0 Å². The summed E-state index contributed by atoms with van der Waals surface area (Å²) in [5.41, 5.74) is 1.90. The summed E-state index contributed by atoms with van der Waals surface area (Å²) in [6.07, 6.45) is 2.15. The molecule has 3 aromatic rings. The third kappa shape index (κ3) is 4.56. The van der Waals surface area contributed by atoms with Crippen molar-refractivity contribution >= 4 is 5.91 Å². The van der Waals surface area contributed by atoms with E-state index in [4.69, 9.17) is 0 Å². The third-order valence-corrected chi connectivity index (χ3v) is 5.92. The SMILES string of the molecule is Cc1ccccc1Cn1c(=O)c(C(=O)NCC2CC2)nn(-c2ccc(C(C)C)cc2)c1=O. The van der Waals surface area contributed by atoms with Crippen LogP contribution in [0, 0.1) is 12.8 Å². The highest BCUT2D eigenvalue weighted by molar-refractivity contribution is 5.91. The van der Waals surface area contributed by atoms with Gasteiger partial charge in [-0.05, 0) is 60.4 Å². The van der Waals surface area contributed by atoms with Crippen molar-refractivity contribution in [3.8, 4) is 5.69 Å². The Bertz CT molecular complexity index is 1250. The van der Waals surface area contributed by atoms with Crippen LogP contribution in [0.5, 0.6) is 0 Å². The summed E-state index contributed by atoms with van der Waals surface area (Å²) in [7, 11) is 0. The molecule has 32 heavy (non-hydrogen) atoms. The summed E-state index contributed by atoms with van der Waals surface area (Å²) in [4.78, 5) is 39.3. The minimum Gasteiger partial charge on any atom is -0.350 e. The minimum atomic E-state index is -0.679. The molecule has 1 aliphatic carbocycles. The topological polar surface area (TPSA) is 86.0 Å². The predicted octanol–water partition coefficient (Wildman–Crippen LogP) is 3.01. The van der Waals surface area contributed by atoms with Crippen LogP contribution < -0.4 is 16.6 Å². The van der Waals surface area contributed by atoms with Gasteiger partial charge in [0.25, 0.3) is 11.5 Å². The number of aryl methyl sites for hydroxylation is 1. The summed E-state index contributed by atoms with van der Waals surface area (Å²) >= 11 is 0. The van der Waals surface area contributed by atoms with E-state index in [1.165, 1.54) is 0 Å². The quantitative estimate of drug-likeness (QED) is 0.622. The van der Waals surface area contributed by atoms with E-state index in [0.29, 0.717) is 24.1 Å². The molecule has 0 saturated heterocycles. The lowest BCUT2D eigenvalue weighted by Gasteiger charge is -2.14. The van der Waals surface area contributed by atoms with Crippen molar-refractivity contribution in [1.82, 2.24) is 19.7 Å². The van der Waals surface area contributed by atoms with Crippen molar-refractivity contribution in [2.45, 2.75) is 46.1 Å². The third-order valence-electron chi connectivity index (χ3n) is 5.92. The Balaban J connectivity index is 1.81. The maximum atomic E-state index is 13.3. The lowest BCUT2D eigenvalue weighted by molar-refractivity contribution is 0.0942. The van der Waals surface area contributed by atoms with Crippen molar-refractivity contribution in [3.63, 3.8) is 0 Å². The first-order valence-corrected chi connectivity index (χ1v) is 11.0. The highest BCUT2D eigenvalue weighted by atomic mass is 16.2. The second-order valence-corrected chi connectivity index (χ2v) is 8.76. The Morgan fingerprint density at radius 3 is 2.41 bits per heavy atom. The minimum absolute atomic E-state index is 0.0693. The first-order valence-electron chi connectivity index (χ1n) is 11.0. The first-order chi connectivity index (χ1) is 15.3. The average molecular weight is 433 g/mol. The van der Waals surface area contributed by atoms with Gasteiger partial charge in [0.05, 0.1) is 12.2 Å². The number of carbonyl (C=O) groups is 1. The fourth-order valence-electron chi connectivity index (χ4n) is 3.57. The van der Waals surface area contributed by atoms with Crippen molar-refractivity contribution in [2.75, 3.05) is 6.54 Å². The molecule has 4 rings (SSSR count). The molecule has 0 radical (unpaired) electrons. The summed E-state index contributed by atoms with van der Waals surface area (Å²) in [6, 6.07) is 15.0. The lowest BCUT2D eigenvalue weighted by Crippen LogP contribution is -2.46. The average Bonchev–Trinajstić information content (AvgIpc) is 3.61. The van der Waals surface area contributed by atoms with Crippen LogP contribution in [-0.2, 0) is 6.54 Å². The molecular weight excluding hydrogens is 404 g/mol. The molecule has 1 amide bonds. The van der Waals surface area contributed by atoms with Crippen molar-refractivity contribution < 1.29 is 4.79 Å². The normalized spacial score (nSPS) is 13.4. The number of nitrogens with one attached hydrogen (secondary N) is 1. The van der Waals surface area contributed by atoms with Crippen LogP contribution in [0.1, 0.15) is 59.8 Å². The van der Waals surface area contributed by atoms with Gasteiger partial charge in [0.1, 0.15) is 0 Å². The van der Waals surface area contributed by atoms with E-state index < -0.39 is 17.2 Å². The maximum absolute atomic E-state index is 13.3. The molecule has 166 valence electrons. The number of amides is 1. The molecule has 0 atom stereocenters. The molecule has 0 unspecified atom stereocenters. The van der Waals surface area contributed by atoms with Gasteiger partial charge < -0.3 is 5.32 Å². The second-order valence-electron chi connectivity index (χ2n) is 8.76. The van der Waals surface area contributed by atoms with E-state index in [9.17, 15) is 14.4 Å². The molecule has 7 heteroatoms. The van der Waals surface area contributed by atoms with Crippen LogP contribution >= 0.6 is 0 Å². The van der Waals surface area contributed by atoms with Crippen LogP contribution in [0.3, 0.4) is 0 Å². The van der Waals surface area contributed by atoms with Crippen molar-refractivity contribution in [1.29, 1.82) is 0 Å². The largest absolute Gasteiger partial charge is 0.352 e. The molecule has 1 aromatic heterocycles. The zero-order chi connectivity index (χ0) is 22.8. The molecule has 1 heterocycles. The van der Waals surface area contributed by atoms with Gasteiger partial charge in [-0.25, -0.2) is 4.79 Å². The Labute approximate surface area is 186 Å². The molecule has 1 saturated carbocycles. The Hall–Kier alpha value is -3.48. The number of benzene rings is 2. The van der Waals surface area contributed by atoms with Crippen LogP contribution in [-0.4, -0.2) is 26.8 Å². The molecule has 1 N–H and O–H groups in total. The smallest absolute Gasteiger partial charge is 0.350 e. The van der Waals surface area contributed by atoms with Gasteiger partial charge in [0, 0.05) is 6.54 Å². The van der Waals surface area contributed by atoms with Crippen LogP contribution in [0.25, 0.3) is 5.69 Å². The van der Waals surface area contributed by atoms with Crippen molar-refractivity contribution in [3.05, 3.63) is 91.8 Å². The fourth-order valence-corrected chi connectivity index (χ4v) is 3.57. The van der Waals surface area contributed by atoms with E-state index in [0.717, 1.165) is 38.8 Å². The van der Waals surface area contributed by atoms with E-state index in [-0.39, 0.29) is 12.2 Å². The molecule has 0 spiro atoms. The maximum Gasteiger partial charge on any atom is 0.352 e. The zero-order valence-electron chi connectivity index (χ0n) is 18.7. The Morgan fingerprint density at radius 2 is 1.78 bits per heavy atom. The number of hydrogen-bond acceptors (Lipinski definition) is 4. The molecule has 7 nitrogen and oxygen atoms in total. The Morgan fingerprint density at radius 1 is 1.09 bits per heavy atom. The number of hydrogen-bond donors (Lipinski definition) is 1. The summed E-state index contributed by atoms with van der Waals surface area (Å²) < 4.78 is 2.24. The van der Waals surface area contributed by atoms with Gasteiger partial charge in [-0.3, -0.25) is 14.2 Å². The van der Waals surface area contributed by atoms with Crippen molar-refractivity contribution in [2.24, 2.45) is 5.92 Å². The molecule has 0 aliphatic heterocycles. The van der Waals surface area contributed by atoms with Crippen LogP contribution in [0.2, 0.25) is 0 Å². The standard InChI is InChI=1S/C25H28N4O3/c1-16(2)19-10-12-21(13-11-19)29-25(32)28(15-20-7-5-4-6-17(20)3)24(31)22(27-29)23(30)26-14-18-8-9-18/h4-7,10-13,16,18H,8-9,14-15H2,1-3H3,(H,26,30). The lowest BCUT2D eigenvalue weighted by atomic mass is 10.0. The van der Waals surface area contributed by atoms with E-state index >= 15 is 0 Å². The summed E-state index contributed by atoms with van der Waals surface area (Å²) in [5.74, 6) is 0.253. The molecule has 0 bridgehead atoms. The van der Waals surface area contributed by atoms with Gasteiger partial charge in [-0.1, -0.05) is 50.2 Å². The highest BCUT2D eigenvalue weighted by Crippen LogP contribution is 2.27. The second kappa shape index (κ2) is 8.94. The van der Waals surface area contributed by atoms with E-state index in [2.05, 4.69) is 24.3 Å². The molecule has 2 aromatic carbocycles. The Kier molecular flexibility index (Phi) is 6.08. The van der Waals surface area contributed by atoms with Gasteiger partial charge in [0.15, 0.2) is 0 Å². The number of carbonyl (C=O) groups excluding carboxylic acids is 1. The highest BCUT2D eigenvalue weighted by Gasteiger charge is 2.25. The summed E-state index contributed by atoms with van der Waals surface area (Å²) in [6.45, 7) is 6.68. The molecule has 1 aliphatic rings. The predicted molar refractivity (Wildman–Crippen MR) is 124 cm³/mol.